The predicted octanol–water partition coefficient (Wildman–Crippen LogP) is 2.54. The predicted molar refractivity (Wildman–Crippen MR) is 63.4 cm³/mol. The number of nitrogens with one attached hydrogen (secondary N) is 1. The number of pyridine rings is 1. The molecule has 1 heterocycles. The maximum atomic E-state index is 6.01. The van der Waals surface area contributed by atoms with Crippen LogP contribution in [-0.4, -0.2) is 17.6 Å². The van der Waals surface area contributed by atoms with Crippen LogP contribution in [0, 0.1) is 5.92 Å². The number of nitrogens with zero attached hydrogens (tertiary/aromatic N) is 1. The van der Waals surface area contributed by atoms with E-state index in [0.717, 1.165) is 0 Å². The summed E-state index contributed by atoms with van der Waals surface area (Å²) in [6.07, 6.45) is 4.05. The van der Waals surface area contributed by atoms with Gasteiger partial charge in [0.15, 0.2) is 0 Å². The highest BCUT2D eigenvalue weighted by Crippen LogP contribution is 2.34. The number of halogens is 2. The Balaban J connectivity index is 2.08. The van der Waals surface area contributed by atoms with Crippen LogP contribution in [0.3, 0.4) is 0 Å². The second kappa shape index (κ2) is 4.56. The third-order valence-electron chi connectivity index (χ3n) is 2.57. The van der Waals surface area contributed by atoms with E-state index in [4.69, 9.17) is 28.9 Å². The second-order valence-electron chi connectivity index (χ2n) is 3.81. The standard InChI is InChI=1S/C10H13Cl2N3/c11-7-3-8(12)10(14-5-7)15-9(4-13)6-1-2-6/h3,5-6,9H,1-2,4,13H2,(H,14,15). The van der Waals surface area contributed by atoms with E-state index in [1.807, 2.05) is 0 Å². The molecule has 0 radical (unpaired) electrons. The molecule has 1 fully saturated rings. The summed E-state index contributed by atoms with van der Waals surface area (Å²) in [4.78, 5) is 4.15. The molecule has 5 heteroatoms. The Morgan fingerprint density at radius 1 is 1.53 bits per heavy atom. The molecule has 1 aromatic heterocycles. The lowest BCUT2D eigenvalue weighted by Gasteiger charge is -2.17. The van der Waals surface area contributed by atoms with Gasteiger partial charge in [0.2, 0.25) is 0 Å². The van der Waals surface area contributed by atoms with Crippen molar-refractivity contribution in [2.24, 2.45) is 11.7 Å². The largest absolute Gasteiger partial charge is 0.365 e. The second-order valence-corrected chi connectivity index (χ2v) is 4.65. The summed E-state index contributed by atoms with van der Waals surface area (Å²) in [7, 11) is 0. The monoisotopic (exact) mass is 245 g/mol. The first-order chi connectivity index (χ1) is 7.20. The Morgan fingerprint density at radius 3 is 2.80 bits per heavy atom. The van der Waals surface area contributed by atoms with Crippen molar-refractivity contribution in [2.75, 3.05) is 11.9 Å². The Kier molecular flexibility index (Phi) is 3.34. The van der Waals surface area contributed by atoms with E-state index >= 15 is 0 Å². The van der Waals surface area contributed by atoms with E-state index in [0.29, 0.717) is 28.3 Å². The molecule has 1 aliphatic carbocycles. The summed E-state index contributed by atoms with van der Waals surface area (Å²) in [6.45, 7) is 0.602. The lowest BCUT2D eigenvalue weighted by atomic mass is 10.2. The number of hydrogen-bond donors (Lipinski definition) is 2. The van der Waals surface area contributed by atoms with Crippen molar-refractivity contribution in [1.82, 2.24) is 4.98 Å². The molecule has 15 heavy (non-hydrogen) atoms. The van der Waals surface area contributed by atoms with Crippen LogP contribution in [0.15, 0.2) is 12.3 Å². The molecule has 3 N–H and O–H groups in total. The highest BCUT2D eigenvalue weighted by atomic mass is 35.5. The Bertz CT molecular complexity index is 353. The molecule has 1 aromatic rings. The Morgan fingerprint density at radius 2 is 2.27 bits per heavy atom. The molecule has 82 valence electrons. The van der Waals surface area contributed by atoms with Crippen molar-refractivity contribution in [2.45, 2.75) is 18.9 Å². The van der Waals surface area contributed by atoms with Crippen LogP contribution in [0.2, 0.25) is 10.0 Å². The van der Waals surface area contributed by atoms with E-state index < -0.39 is 0 Å². The third kappa shape index (κ3) is 2.74. The molecule has 0 amide bonds. The molecule has 0 spiro atoms. The van der Waals surface area contributed by atoms with Crippen LogP contribution in [0.5, 0.6) is 0 Å². The zero-order valence-electron chi connectivity index (χ0n) is 8.21. The van der Waals surface area contributed by atoms with Crippen LogP contribution >= 0.6 is 23.2 Å². The number of hydrogen-bond acceptors (Lipinski definition) is 3. The van der Waals surface area contributed by atoms with E-state index in [9.17, 15) is 0 Å². The molecular formula is C10H13Cl2N3. The first kappa shape index (κ1) is 11.0. The molecule has 2 rings (SSSR count). The Hall–Kier alpha value is -0.510. The van der Waals surface area contributed by atoms with Gasteiger partial charge in [0.05, 0.1) is 10.0 Å². The average molecular weight is 246 g/mol. The molecule has 1 aliphatic rings. The summed E-state index contributed by atoms with van der Waals surface area (Å²) < 4.78 is 0. The van der Waals surface area contributed by atoms with Crippen molar-refractivity contribution in [1.29, 1.82) is 0 Å². The molecular weight excluding hydrogens is 233 g/mol. The quantitative estimate of drug-likeness (QED) is 0.858. The molecule has 0 aliphatic heterocycles. The van der Waals surface area contributed by atoms with Gasteiger partial charge in [0.1, 0.15) is 5.82 Å². The first-order valence-electron chi connectivity index (χ1n) is 4.98. The first-order valence-corrected chi connectivity index (χ1v) is 5.74. The van der Waals surface area contributed by atoms with Gasteiger partial charge in [-0.15, -0.1) is 0 Å². The maximum absolute atomic E-state index is 6.01. The third-order valence-corrected chi connectivity index (χ3v) is 3.07. The smallest absolute Gasteiger partial charge is 0.145 e. The zero-order valence-corrected chi connectivity index (χ0v) is 9.72. The molecule has 0 bridgehead atoms. The SMILES string of the molecule is NCC(Nc1ncc(Cl)cc1Cl)C1CC1. The highest BCUT2D eigenvalue weighted by Gasteiger charge is 2.30. The Labute approximate surface area is 99.0 Å². The lowest BCUT2D eigenvalue weighted by Crippen LogP contribution is -2.31. The minimum Gasteiger partial charge on any atom is -0.365 e. The van der Waals surface area contributed by atoms with Gasteiger partial charge in [0.25, 0.3) is 0 Å². The van der Waals surface area contributed by atoms with E-state index in [2.05, 4.69) is 10.3 Å². The van der Waals surface area contributed by atoms with Gasteiger partial charge in [-0.25, -0.2) is 4.98 Å². The zero-order chi connectivity index (χ0) is 10.8. The summed E-state index contributed by atoms with van der Waals surface area (Å²) in [5, 5.41) is 4.35. The van der Waals surface area contributed by atoms with Crippen molar-refractivity contribution in [3.63, 3.8) is 0 Å². The number of rotatable bonds is 4. The van der Waals surface area contributed by atoms with Crippen LogP contribution < -0.4 is 11.1 Å². The fourth-order valence-corrected chi connectivity index (χ4v) is 2.00. The number of nitrogens with two attached hydrogens (primary N) is 1. The van der Waals surface area contributed by atoms with E-state index in [1.165, 1.54) is 12.8 Å². The van der Waals surface area contributed by atoms with Crippen molar-refractivity contribution in [3.8, 4) is 0 Å². The van der Waals surface area contributed by atoms with Gasteiger partial charge in [-0.2, -0.15) is 0 Å². The molecule has 1 unspecified atom stereocenters. The van der Waals surface area contributed by atoms with Gasteiger partial charge in [0, 0.05) is 18.8 Å². The van der Waals surface area contributed by atoms with E-state index in [-0.39, 0.29) is 6.04 Å². The van der Waals surface area contributed by atoms with Gasteiger partial charge in [-0.3, -0.25) is 0 Å². The molecule has 1 atom stereocenters. The van der Waals surface area contributed by atoms with Crippen LogP contribution in [0.4, 0.5) is 5.82 Å². The van der Waals surface area contributed by atoms with Crippen molar-refractivity contribution in [3.05, 3.63) is 22.3 Å². The number of aromatic nitrogens is 1. The maximum Gasteiger partial charge on any atom is 0.145 e. The highest BCUT2D eigenvalue weighted by molar-refractivity contribution is 6.35. The fraction of sp³-hybridized carbons (Fsp3) is 0.500. The normalized spacial score (nSPS) is 17.5. The van der Waals surface area contributed by atoms with Crippen molar-refractivity contribution < 1.29 is 0 Å². The van der Waals surface area contributed by atoms with Crippen LogP contribution in [0.25, 0.3) is 0 Å². The fourth-order valence-electron chi connectivity index (χ4n) is 1.56. The molecule has 1 saturated carbocycles. The van der Waals surface area contributed by atoms with Crippen LogP contribution in [0.1, 0.15) is 12.8 Å². The van der Waals surface area contributed by atoms with Crippen LogP contribution in [-0.2, 0) is 0 Å². The summed E-state index contributed by atoms with van der Waals surface area (Å²) in [5.74, 6) is 1.34. The van der Waals surface area contributed by atoms with Gasteiger partial charge < -0.3 is 11.1 Å². The minimum atomic E-state index is 0.274. The lowest BCUT2D eigenvalue weighted by molar-refractivity contribution is 0.642. The van der Waals surface area contributed by atoms with Crippen molar-refractivity contribution >= 4 is 29.0 Å². The number of anilines is 1. The average Bonchev–Trinajstić information content (AvgIpc) is 3.00. The van der Waals surface area contributed by atoms with Gasteiger partial charge in [-0.05, 0) is 24.8 Å². The molecule has 3 nitrogen and oxygen atoms in total. The summed E-state index contributed by atoms with van der Waals surface area (Å²) in [5.41, 5.74) is 5.68. The van der Waals surface area contributed by atoms with E-state index in [1.54, 1.807) is 12.3 Å². The molecule has 0 aromatic carbocycles. The van der Waals surface area contributed by atoms with Gasteiger partial charge >= 0.3 is 0 Å². The van der Waals surface area contributed by atoms with Gasteiger partial charge in [-0.1, -0.05) is 23.2 Å². The summed E-state index contributed by atoms with van der Waals surface area (Å²) in [6, 6.07) is 1.95. The minimum absolute atomic E-state index is 0.274. The summed E-state index contributed by atoms with van der Waals surface area (Å²) >= 11 is 11.8. The topological polar surface area (TPSA) is 50.9 Å². The molecule has 0 saturated heterocycles.